The van der Waals surface area contributed by atoms with Crippen molar-refractivity contribution >= 4 is 9.84 Å². The molecule has 1 fully saturated rings. The number of methoxy groups -OCH3 is 1. The Labute approximate surface area is 158 Å². The van der Waals surface area contributed by atoms with Gasteiger partial charge in [0, 0.05) is 26.7 Å². The number of sulfone groups is 1. The van der Waals surface area contributed by atoms with E-state index in [1.54, 1.807) is 13.3 Å². The highest BCUT2D eigenvalue weighted by Crippen LogP contribution is 2.28. The van der Waals surface area contributed by atoms with Crippen LogP contribution in [0.4, 0.5) is 0 Å². The normalized spacial score (nSPS) is 16.8. The van der Waals surface area contributed by atoms with E-state index in [-0.39, 0.29) is 10.4 Å². The maximum absolute atomic E-state index is 13.2. The number of aromatic nitrogens is 2. The van der Waals surface area contributed by atoms with Gasteiger partial charge in [-0.25, -0.2) is 13.4 Å². The van der Waals surface area contributed by atoms with Crippen molar-refractivity contribution in [1.29, 1.82) is 0 Å². The van der Waals surface area contributed by atoms with Crippen molar-refractivity contribution in [2.45, 2.75) is 68.9 Å². The summed E-state index contributed by atoms with van der Waals surface area (Å²) in [4.78, 5) is 6.46. The number of likely N-dealkylation sites (N-methyl/N-ethyl adjacent to an activating group) is 1. The number of hydrogen-bond acceptors (Lipinski definition) is 5. The van der Waals surface area contributed by atoms with Gasteiger partial charge in [-0.1, -0.05) is 37.8 Å². The van der Waals surface area contributed by atoms with Gasteiger partial charge in [0.2, 0.25) is 15.0 Å². The lowest BCUT2D eigenvalue weighted by Gasteiger charge is -2.20. The van der Waals surface area contributed by atoms with Crippen LogP contribution in [0.1, 0.15) is 51.1 Å². The highest BCUT2D eigenvalue weighted by Gasteiger charge is 2.32. The molecule has 0 aliphatic heterocycles. The Kier molecular flexibility index (Phi) is 7.85. The van der Waals surface area contributed by atoms with Gasteiger partial charge in [0.15, 0.2) is 0 Å². The first-order valence-electron chi connectivity index (χ1n) is 9.46. The molecule has 0 atom stereocenters. The summed E-state index contributed by atoms with van der Waals surface area (Å²) in [7, 11) is 0.206. The van der Waals surface area contributed by atoms with Crippen molar-refractivity contribution < 1.29 is 13.2 Å². The average molecular weight is 384 g/mol. The minimum atomic E-state index is -3.42. The molecule has 1 saturated carbocycles. The molecule has 1 aromatic heterocycles. The molecule has 1 heterocycles. The van der Waals surface area contributed by atoms with Crippen LogP contribution in [0.25, 0.3) is 0 Å². The van der Waals surface area contributed by atoms with Crippen molar-refractivity contribution in [2.24, 2.45) is 0 Å². The van der Waals surface area contributed by atoms with Gasteiger partial charge in [0.1, 0.15) is 0 Å². The summed E-state index contributed by atoms with van der Waals surface area (Å²) < 4.78 is 33.5. The Morgan fingerprint density at radius 1 is 1.35 bits per heavy atom. The lowest BCUT2D eigenvalue weighted by Crippen LogP contribution is -2.27. The van der Waals surface area contributed by atoms with Gasteiger partial charge in [0.25, 0.3) is 0 Å². The van der Waals surface area contributed by atoms with Crippen LogP contribution >= 0.6 is 0 Å². The number of imidazole rings is 1. The predicted octanol–water partition coefficient (Wildman–Crippen LogP) is 3.03. The van der Waals surface area contributed by atoms with Crippen molar-refractivity contribution in [3.05, 3.63) is 24.0 Å². The maximum Gasteiger partial charge on any atom is 0.228 e. The fraction of sp³-hybridized carbons (Fsp3) is 0.737. The van der Waals surface area contributed by atoms with Gasteiger partial charge in [-0.3, -0.25) is 4.90 Å². The zero-order valence-corrected chi connectivity index (χ0v) is 17.2. The third-order valence-corrected chi connectivity index (χ3v) is 7.07. The number of ether oxygens (including phenoxy) is 1. The van der Waals surface area contributed by atoms with Gasteiger partial charge in [0.05, 0.1) is 23.7 Å². The Morgan fingerprint density at radius 3 is 2.58 bits per heavy atom. The molecule has 0 bridgehead atoms. The van der Waals surface area contributed by atoms with Crippen LogP contribution in [0.2, 0.25) is 0 Å². The van der Waals surface area contributed by atoms with E-state index in [0.717, 1.165) is 56.3 Å². The van der Waals surface area contributed by atoms with E-state index < -0.39 is 9.84 Å². The fourth-order valence-corrected chi connectivity index (χ4v) is 5.63. The Hall–Kier alpha value is -1.18. The van der Waals surface area contributed by atoms with Crippen molar-refractivity contribution in [2.75, 3.05) is 27.3 Å². The van der Waals surface area contributed by atoms with Crippen LogP contribution in [-0.2, 0) is 27.7 Å². The van der Waals surface area contributed by atoms with E-state index in [4.69, 9.17) is 4.74 Å². The van der Waals surface area contributed by atoms with E-state index in [1.165, 1.54) is 0 Å². The Morgan fingerprint density at radius 2 is 2.00 bits per heavy atom. The van der Waals surface area contributed by atoms with Crippen molar-refractivity contribution in [3.8, 4) is 0 Å². The molecule has 7 heteroatoms. The number of nitrogens with zero attached hydrogens (tertiary/aromatic N) is 3. The molecule has 0 N–H and O–H groups in total. The van der Waals surface area contributed by atoms with Gasteiger partial charge >= 0.3 is 0 Å². The van der Waals surface area contributed by atoms with Gasteiger partial charge in [-0.05, 0) is 26.8 Å². The topological polar surface area (TPSA) is 64.4 Å². The molecule has 0 saturated heterocycles. The molecule has 148 valence electrons. The molecule has 1 aliphatic carbocycles. The Bertz CT molecular complexity index is 689. The summed E-state index contributed by atoms with van der Waals surface area (Å²) in [5.41, 5.74) is 1.97. The molecule has 0 unspecified atom stereocenters. The van der Waals surface area contributed by atoms with Crippen LogP contribution in [-0.4, -0.2) is 55.4 Å². The minimum Gasteiger partial charge on any atom is -0.383 e. The molecule has 2 rings (SSSR count). The molecule has 26 heavy (non-hydrogen) atoms. The van der Waals surface area contributed by atoms with E-state index >= 15 is 0 Å². The summed E-state index contributed by atoms with van der Waals surface area (Å²) in [6.45, 7) is 8.28. The zero-order chi connectivity index (χ0) is 19.2. The fourth-order valence-electron chi connectivity index (χ4n) is 3.66. The number of rotatable bonds is 9. The largest absolute Gasteiger partial charge is 0.383 e. The molecular formula is C19H33N3O3S. The van der Waals surface area contributed by atoms with E-state index in [1.807, 2.05) is 18.5 Å². The summed E-state index contributed by atoms with van der Waals surface area (Å²) in [6, 6.07) is 0. The summed E-state index contributed by atoms with van der Waals surface area (Å²) in [5, 5.41) is -0.102. The van der Waals surface area contributed by atoms with Gasteiger partial charge < -0.3 is 9.30 Å². The lowest BCUT2D eigenvalue weighted by atomic mass is 10.2. The van der Waals surface area contributed by atoms with E-state index in [9.17, 15) is 8.42 Å². The quantitative estimate of drug-likeness (QED) is 0.484. The average Bonchev–Trinajstić information content (AvgIpc) is 2.79. The molecule has 0 spiro atoms. The summed E-state index contributed by atoms with van der Waals surface area (Å²) >= 11 is 0. The standard InChI is InChI=1S/C19H33N3O3S/c1-16(2)14-21(3)15-17-13-20-19(22(17)11-12-25-4)26(23,24)18-9-7-5-6-8-10-18/h13,18H,1,5-12,14-15H2,2-4H3. The predicted molar refractivity (Wildman–Crippen MR) is 104 cm³/mol. The second kappa shape index (κ2) is 9.67. The maximum atomic E-state index is 13.2. The van der Waals surface area contributed by atoms with Gasteiger partial charge in [-0.2, -0.15) is 0 Å². The molecule has 0 aromatic carbocycles. The zero-order valence-electron chi connectivity index (χ0n) is 16.4. The van der Waals surface area contributed by atoms with Crippen molar-refractivity contribution in [3.63, 3.8) is 0 Å². The molecule has 1 aliphatic rings. The third kappa shape index (κ3) is 5.41. The first kappa shape index (κ1) is 21.1. The van der Waals surface area contributed by atoms with Crippen molar-refractivity contribution in [1.82, 2.24) is 14.5 Å². The van der Waals surface area contributed by atoms with E-state index in [0.29, 0.717) is 19.7 Å². The van der Waals surface area contributed by atoms with Crippen LogP contribution in [0.5, 0.6) is 0 Å². The molecule has 0 amide bonds. The highest BCUT2D eigenvalue weighted by molar-refractivity contribution is 7.91. The molecular weight excluding hydrogens is 350 g/mol. The monoisotopic (exact) mass is 383 g/mol. The SMILES string of the molecule is C=C(C)CN(C)Cc1cnc(S(=O)(=O)C2CCCCCC2)n1CCOC. The lowest BCUT2D eigenvalue weighted by molar-refractivity contribution is 0.182. The molecule has 1 aromatic rings. The van der Waals surface area contributed by atoms with Crippen LogP contribution in [0, 0.1) is 0 Å². The number of hydrogen-bond donors (Lipinski definition) is 0. The molecule has 6 nitrogen and oxygen atoms in total. The van der Waals surface area contributed by atoms with Crippen LogP contribution < -0.4 is 0 Å². The summed E-state index contributed by atoms with van der Waals surface area (Å²) in [6.07, 6.45) is 7.40. The highest BCUT2D eigenvalue weighted by atomic mass is 32.2. The van der Waals surface area contributed by atoms with E-state index in [2.05, 4.69) is 16.5 Å². The smallest absolute Gasteiger partial charge is 0.228 e. The second-order valence-corrected chi connectivity index (χ2v) is 9.59. The Balaban J connectivity index is 2.30. The second-order valence-electron chi connectivity index (χ2n) is 7.46. The van der Waals surface area contributed by atoms with Crippen LogP contribution in [0.3, 0.4) is 0 Å². The minimum absolute atomic E-state index is 0.208. The first-order chi connectivity index (χ1) is 12.4. The van der Waals surface area contributed by atoms with Crippen LogP contribution in [0.15, 0.2) is 23.5 Å². The van der Waals surface area contributed by atoms with Gasteiger partial charge in [-0.15, -0.1) is 0 Å². The summed E-state index contributed by atoms with van der Waals surface area (Å²) in [5.74, 6) is 0. The first-order valence-corrected chi connectivity index (χ1v) is 11.0. The molecule has 0 radical (unpaired) electrons. The third-order valence-electron chi connectivity index (χ3n) is 4.89.